The summed E-state index contributed by atoms with van der Waals surface area (Å²) in [6.45, 7) is 5.93. The van der Waals surface area contributed by atoms with E-state index in [1.54, 1.807) is 20.8 Å². The zero-order valence-corrected chi connectivity index (χ0v) is 9.67. The summed E-state index contributed by atoms with van der Waals surface area (Å²) in [5.41, 5.74) is -0.517. The van der Waals surface area contributed by atoms with Crippen molar-refractivity contribution in [2.45, 2.75) is 26.4 Å². The van der Waals surface area contributed by atoms with Crippen LogP contribution in [-0.2, 0) is 4.74 Å². The average molecular weight is 224 g/mol. The average Bonchev–Trinajstić information content (AvgIpc) is 2.01. The summed E-state index contributed by atoms with van der Waals surface area (Å²) >= 11 is 5.52. The molecule has 0 radical (unpaired) electrons. The standard InChI is InChI=1S/C9H18ClNO3/c1-9(2,3)14-8(13)11(5-4-10)6-7-12/h12H,4-7H2,1-3H3. The summed E-state index contributed by atoms with van der Waals surface area (Å²) in [5, 5.41) is 8.72. The molecule has 0 aromatic rings. The molecular weight excluding hydrogens is 206 g/mol. The van der Waals surface area contributed by atoms with Crippen molar-refractivity contribution in [3.63, 3.8) is 0 Å². The summed E-state index contributed by atoms with van der Waals surface area (Å²) in [4.78, 5) is 12.9. The number of halogens is 1. The Morgan fingerprint density at radius 2 is 2.00 bits per heavy atom. The molecule has 0 aliphatic heterocycles. The zero-order chi connectivity index (χ0) is 11.2. The maximum Gasteiger partial charge on any atom is 0.410 e. The normalized spacial score (nSPS) is 11.2. The lowest BCUT2D eigenvalue weighted by Crippen LogP contribution is -2.39. The molecule has 0 bridgehead atoms. The van der Waals surface area contributed by atoms with Gasteiger partial charge in [0.05, 0.1) is 6.61 Å². The molecule has 0 rings (SSSR count). The number of hydrogen-bond donors (Lipinski definition) is 1. The molecule has 14 heavy (non-hydrogen) atoms. The summed E-state index contributed by atoms with van der Waals surface area (Å²) in [6.07, 6.45) is -0.438. The quantitative estimate of drug-likeness (QED) is 0.734. The van der Waals surface area contributed by atoms with Gasteiger partial charge in [0, 0.05) is 19.0 Å². The first-order chi connectivity index (χ1) is 6.40. The molecule has 0 aliphatic carbocycles. The zero-order valence-electron chi connectivity index (χ0n) is 8.92. The molecule has 0 saturated heterocycles. The minimum Gasteiger partial charge on any atom is -0.444 e. The highest BCUT2D eigenvalue weighted by Crippen LogP contribution is 2.09. The number of aliphatic hydroxyl groups is 1. The number of ether oxygens (including phenoxy) is 1. The van der Waals surface area contributed by atoms with Gasteiger partial charge in [0.1, 0.15) is 5.60 Å². The summed E-state index contributed by atoms with van der Waals surface area (Å²) in [7, 11) is 0. The maximum atomic E-state index is 11.5. The summed E-state index contributed by atoms with van der Waals surface area (Å²) in [5.74, 6) is 0.333. The molecule has 0 aromatic carbocycles. The maximum absolute atomic E-state index is 11.5. The molecular formula is C9H18ClNO3. The monoisotopic (exact) mass is 223 g/mol. The van der Waals surface area contributed by atoms with E-state index in [1.807, 2.05) is 0 Å². The highest BCUT2D eigenvalue weighted by atomic mass is 35.5. The van der Waals surface area contributed by atoms with Crippen LogP contribution in [0.3, 0.4) is 0 Å². The highest BCUT2D eigenvalue weighted by molar-refractivity contribution is 6.18. The van der Waals surface area contributed by atoms with Crippen LogP contribution in [0.4, 0.5) is 4.79 Å². The number of amides is 1. The number of alkyl halides is 1. The van der Waals surface area contributed by atoms with Gasteiger partial charge in [0.2, 0.25) is 0 Å². The largest absolute Gasteiger partial charge is 0.444 e. The fourth-order valence-electron chi connectivity index (χ4n) is 0.844. The summed E-state index contributed by atoms with van der Waals surface area (Å²) < 4.78 is 5.12. The summed E-state index contributed by atoms with van der Waals surface area (Å²) in [6, 6.07) is 0. The lowest BCUT2D eigenvalue weighted by molar-refractivity contribution is 0.0232. The second kappa shape index (κ2) is 6.09. The Bertz CT molecular complexity index is 173. The Morgan fingerprint density at radius 1 is 1.43 bits per heavy atom. The second-order valence-corrected chi connectivity index (χ2v) is 4.26. The molecule has 0 heterocycles. The van der Waals surface area contributed by atoms with Gasteiger partial charge in [-0.2, -0.15) is 0 Å². The van der Waals surface area contributed by atoms with Crippen LogP contribution in [0.5, 0.6) is 0 Å². The number of hydrogen-bond acceptors (Lipinski definition) is 3. The lowest BCUT2D eigenvalue weighted by atomic mass is 10.2. The topological polar surface area (TPSA) is 49.8 Å². The Kier molecular flexibility index (Phi) is 5.88. The molecule has 1 N–H and O–H groups in total. The number of carbonyl (C=O) groups excluding carboxylic acids is 1. The van der Waals surface area contributed by atoms with Crippen LogP contribution in [0.1, 0.15) is 20.8 Å². The van der Waals surface area contributed by atoms with E-state index in [2.05, 4.69) is 0 Å². The SMILES string of the molecule is CC(C)(C)OC(=O)N(CCO)CCCl. The number of rotatable bonds is 4. The van der Waals surface area contributed by atoms with Gasteiger partial charge in [-0.15, -0.1) is 11.6 Å². The Hall–Kier alpha value is -0.480. The Balaban J connectivity index is 4.14. The van der Waals surface area contributed by atoms with E-state index in [-0.39, 0.29) is 13.2 Å². The van der Waals surface area contributed by atoms with Crippen molar-refractivity contribution in [2.75, 3.05) is 25.6 Å². The van der Waals surface area contributed by atoms with Crippen LogP contribution >= 0.6 is 11.6 Å². The number of carbonyl (C=O) groups is 1. The lowest BCUT2D eigenvalue weighted by Gasteiger charge is -2.26. The van der Waals surface area contributed by atoms with Crippen LogP contribution in [0.2, 0.25) is 0 Å². The van der Waals surface area contributed by atoms with Crippen molar-refractivity contribution in [2.24, 2.45) is 0 Å². The molecule has 0 aromatic heterocycles. The molecule has 0 fully saturated rings. The second-order valence-electron chi connectivity index (χ2n) is 3.88. The van der Waals surface area contributed by atoms with Crippen LogP contribution in [0.15, 0.2) is 0 Å². The van der Waals surface area contributed by atoms with E-state index in [1.165, 1.54) is 4.90 Å². The van der Waals surface area contributed by atoms with Crippen molar-refractivity contribution in [1.82, 2.24) is 4.90 Å². The van der Waals surface area contributed by atoms with Crippen LogP contribution in [0.25, 0.3) is 0 Å². The van der Waals surface area contributed by atoms with E-state index >= 15 is 0 Å². The first kappa shape index (κ1) is 13.5. The Labute approximate surface area is 89.8 Å². The van der Waals surface area contributed by atoms with Crippen molar-refractivity contribution in [3.8, 4) is 0 Å². The van der Waals surface area contributed by atoms with E-state index in [0.717, 1.165) is 0 Å². The molecule has 0 unspecified atom stereocenters. The first-order valence-electron chi connectivity index (χ1n) is 4.55. The van der Waals surface area contributed by atoms with Crippen molar-refractivity contribution >= 4 is 17.7 Å². The molecule has 0 spiro atoms. The molecule has 1 amide bonds. The van der Waals surface area contributed by atoms with Gasteiger partial charge in [-0.05, 0) is 20.8 Å². The third-order valence-corrected chi connectivity index (χ3v) is 1.55. The molecule has 0 atom stereocenters. The molecule has 0 saturated carbocycles. The van der Waals surface area contributed by atoms with E-state index in [4.69, 9.17) is 21.4 Å². The van der Waals surface area contributed by atoms with Crippen molar-refractivity contribution in [1.29, 1.82) is 0 Å². The van der Waals surface area contributed by atoms with E-state index in [0.29, 0.717) is 12.4 Å². The van der Waals surface area contributed by atoms with E-state index < -0.39 is 11.7 Å². The van der Waals surface area contributed by atoms with Crippen LogP contribution in [0, 0.1) is 0 Å². The van der Waals surface area contributed by atoms with Gasteiger partial charge >= 0.3 is 6.09 Å². The molecule has 0 aliphatic rings. The van der Waals surface area contributed by atoms with Crippen molar-refractivity contribution < 1.29 is 14.6 Å². The van der Waals surface area contributed by atoms with Gasteiger partial charge in [-0.3, -0.25) is 0 Å². The van der Waals surface area contributed by atoms with Gasteiger partial charge < -0.3 is 14.7 Å². The fraction of sp³-hybridized carbons (Fsp3) is 0.889. The fourth-order valence-corrected chi connectivity index (χ4v) is 1.05. The third kappa shape index (κ3) is 6.05. The van der Waals surface area contributed by atoms with Gasteiger partial charge in [0.25, 0.3) is 0 Å². The number of nitrogens with zero attached hydrogens (tertiary/aromatic N) is 1. The van der Waals surface area contributed by atoms with Crippen LogP contribution < -0.4 is 0 Å². The highest BCUT2D eigenvalue weighted by Gasteiger charge is 2.21. The van der Waals surface area contributed by atoms with Crippen molar-refractivity contribution in [3.05, 3.63) is 0 Å². The third-order valence-electron chi connectivity index (χ3n) is 1.38. The number of aliphatic hydroxyl groups excluding tert-OH is 1. The van der Waals surface area contributed by atoms with Crippen LogP contribution in [-0.4, -0.2) is 47.3 Å². The predicted molar refractivity (Wildman–Crippen MR) is 55.6 cm³/mol. The molecule has 5 heteroatoms. The Morgan fingerprint density at radius 3 is 2.36 bits per heavy atom. The first-order valence-corrected chi connectivity index (χ1v) is 5.09. The van der Waals surface area contributed by atoms with Gasteiger partial charge in [-0.25, -0.2) is 4.79 Å². The predicted octanol–water partition coefficient (Wildman–Crippen LogP) is 1.45. The smallest absolute Gasteiger partial charge is 0.410 e. The minimum atomic E-state index is -0.517. The van der Waals surface area contributed by atoms with Gasteiger partial charge in [0.15, 0.2) is 0 Å². The molecule has 4 nitrogen and oxygen atoms in total. The molecule has 84 valence electrons. The van der Waals surface area contributed by atoms with E-state index in [9.17, 15) is 4.79 Å². The van der Waals surface area contributed by atoms with Gasteiger partial charge in [-0.1, -0.05) is 0 Å². The minimum absolute atomic E-state index is 0.0872.